The molecule has 0 saturated carbocycles. The van der Waals surface area contributed by atoms with Gasteiger partial charge in [-0.25, -0.2) is 4.98 Å². The van der Waals surface area contributed by atoms with E-state index in [0.29, 0.717) is 0 Å². The number of thiazole rings is 1. The number of nitrogens with zero attached hydrogens (tertiary/aromatic N) is 3. The minimum absolute atomic E-state index is 0.888. The largest absolute Gasteiger partial charge is 0.456 e. The van der Waals surface area contributed by atoms with Crippen LogP contribution in [0.1, 0.15) is 0 Å². The summed E-state index contributed by atoms with van der Waals surface area (Å²) >= 11 is 1.73. The zero-order valence-corrected chi connectivity index (χ0v) is 31.0. The van der Waals surface area contributed by atoms with Crippen molar-refractivity contribution in [2.24, 2.45) is 0 Å². The smallest absolute Gasteiger partial charge is 0.135 e. The first kappa shape index (κ1) is 32.2. The summed E-state index contributed by atoms with van der Waals surface area (Å²) in [4.78, 5) is 9.63. The van der Waals surface area contributed by atoms with Crippen molar-refractivity contribution in [3.63, 3.8) is 0 Å². The molecule has 9 aromatic carbocycles. The highest BCUT2D eigenvalue weighted by Crippen LogP contribution is 2.43. The predicted molar refractivity (Wildman–Crippen MR) is 237 cm³/mol. The first-order chi connectivity index (χ1) is 27.7. The van der Waals surface area contributed by atoms with Gasteiger partial charge >= 0.3 is 0 Å². The van der Waals surface area contributed by atoms with E-state index in [1.165, 1.54) is 21.5 Å². The number of aromatic nitrogens is 1. The maximum absolute atomic E-state index is 6.18. The molecule has 264 valence electrons. The van der Waals surface area contributed by atoms with E-state index in [1.54, 1.807) is 11.3 Å². The third-order valence-electron chi connectivity index (χ3n) is 10.6. The number of para-hydroxylation sites is 3. The molecule has 0 amide bonds. The third kappa shape index (κ3) is 5.56. The molecule has 0 saturated heterocycles. The Morgan fingerprint density at radius 1 is 0.375 bits per heavy atom. The zero-order chi connectivity index (χ0) is 37.0. The van der Waals surface area contributed by atoms with Crippen molar-refractivity contribution in [2.45, 2.75) is 0 Å². The molecule has 0 N–H and O–H groups in total. The highest BCUT2D eigenvalue weighted by Gasteiger charge is 2.18. The Hall–Kier alpha value is -7.21. The minimum Gasteiger partial charge on any atom is -0.456 e. The molecule has 0 bridgehead atoms. The summed E-state index contributed by atoms with van der Waals surface area (Å²) in [6.45, 7) is 0. The van der Waals surface area contributed by atoms with Gasteiger partial charge in [0.1, 0.15) is 16.2 Å². The molecule has 0 radical (unpaired) electrons. The van der Waals surface area contributed by atoms with Gasteiger partial charge < -0.3 is 14.2 Å². The topological polar surface area (TPSA) is 32.5 Å². The Labute approximate surface area is 327 Å². The van der Waals surface area contributed by atoms with Crippen LogP contribution in [-0.4, -0.2) is 4.98 Å². The normalized spacial score (nSPS) is 11.6. The molecule has 11 aromatic rings. The summed E-state index contributed by atoms with van der Waals surface area (Å²) in [7, 11) is 0. The second-order valence-corrected chi connectivity index (χ2v) is 15.1. The van der Waals surface area contributed by atoms with Crippen molar-refractivity contribution in [1.29, 1.82) is 0 Å². The third-order valence-corrected chi connectivity index (χ3v) is 11.7. The summed E-state index contributed by atoms with van der Waals surface area (Å²) in [5.74, 6) is 0. The fourth-order valence-corrected chi connectivity index (χ4v) is 8.99. The molecular weight excluding hydrogens is 703 g/mol. The molecule has 11 rings (SSSR count). The molecule has 0 aliphatic rings. The first-order valence-corrected chi connectivity index (χ1v) is 19.6. The van der Waals surface area contributed by atoms with Crippen molar-refractivity contribution in [2.75, 3.05) is 9.80 Å². The number of hydrogen-bond donors (Lipinski definition) is 0. The van der Waals surface area contributed by atoms with Gasteiger partial charge in [0.15, 0.2) is 0 Å². The van der Waals surface area contributed by atoms with Crippen LogP contribution in [0, 0.1) is 0 Å². The Balaban J connectivity index is 0.998. The number of fused-ring (bicyclic) bond motifs is 7. The summed E-state index contributed by atoms with van der Waals surface area (Å²) < 4.78 is 7.34. The van der Waals surface area contributed by atoms with Crippen LogP contribution in [0.4, 0.5) is 34.1 Å². The van der Waals surface area contributed by atoms with Crippen LogP contribution in [0.2, 0.25) is 0 Å². The van der Waals surface area contributed by atoms with E-state index < -0.39 is 0 Å². The van der Waals surface area contributed by atoms with E-state index in [1.807, 2.05) is 18.2 Å². The van der Waals surface area contributed by atoms with Crippen molar-refractivity contribution < 1.29 is 4.42 Å². The molecular formula is C51H33N3OS. The van der Waals surface area contributed by atoms with E-state index in [-0.39, 0.29) is 0 Å². The number of benzene rings is 9. The fourth-order valence-electron chi connectivity index (χ4n) is 7.98. The van der Waals surface area contributed by atoms with Crippen LogP contribution < -0.4 is 9.80 Å². The summed E-state index contributed by atoms with van der Waals surface area (Å²) in [5.41, 5.74) is 10.5. The molecule has 0 aliphatic heterocycles. The van der Waals surface area contributed by atoms with Crippen LogP contribution in [0.15, 0.2) is 205 Å². The van der Waals surface area contributed by atoms with Crippen LogP contribution in [0.3, 0.4) is 0 Å². The van der Waals surface area contributed by atoms with Gasteiger partial charge in [-0.15, -0.1) is 11.3 Å². The molecule has 5 heteroatoms. The quantitative estimate of drug-likeness (QED) is 0.153. The number of furan rings is 1. The lowest BCUT2D eigenvalue weighted by Crippen LogP contribution is -2.10. The van der Waals surface area contributed by atoms with E-state index in [2.05, 4.69) is 192 Å². The first-order valence-electron chi connectivity index (χ1n) is 18.8. The highest BCUT2D eigenvalue weighted by molar-refractivity contribution is 7.21. The molecule has 56 heavy (non-hydrogen) atoms. The SMILES string of the molecule is c1ccc(-c2nc3ccc(N(c4ccccc4)c4ccc5c(ccc6cc(N(c7ccccc7)c7ccc8oc9ccccc9c8c7)ccc65)c4)cc3s2)cc1. The molecule has 0 spiro atoms. The van der Waals surface area contributed by atoms with Gasteiger partial charge in [-0.1, -0.05) is 109 Å². The van der Waals surface area contributed by atoms with Crippen LogP contribution in [0.5, 0.6) is 0 Å². The van der Waals surface area contributed by atoms with Gasteiger partial charge in [-0.2, -0.15) is 0 Å². The van der Waals surface area contributed by atoms with Crippen molar-refractivity contribution in [3.8, 4) is 10.6 Å². The van der Waals surface area contributed by atoms with E-state index in [0.717, 1.165) is 76.9 Å². The van der Waals surface area contributed by atoms with Gasteiger partial charge in [0.25, 0.3) is 0 Å². The Morgan fingerprint density at radius 2 is 0.893 bits per heavy atom. The zero-order valence-electron chi connectivity index (χ0n) is 30.2. The molecule has 0 aliphatic carbocycles. The Bertz CT molecular complexity index is 3210. The number of hydrogen-bond acceptors (Lipinski definition) is 5. The van der Waals surface area contributed by atoms with E-state index in [4.69, 9.17) is 9.40 Å². The monoisotopic (exact) mass is 735 g/mol. The Morgan fingerprint density at radius 3 is 1.55 bits per heavy atom. The van der Waals surface area contributed by atoms with Crippen molar-refractivity contribution >= 4 is 99.2 Å². The van der Waals surface area contributed by atoms with Crippen LogP contribution in [0.25, 0.3) is 64.3 Å². The highest BCUT2D eigenvalue weighted by atomic mass is 32.1. The second kappa shape index (κ2) is 13.3. The fraction of sp³-hybridized carbons (Fsp3) is 0. The molecule has 2 aromatic heterocycles. The summed E-state index contributed by atoms with van der Waals surface area (Å²) in [6.07, 6.45) is 0. The van der Waals surface area contributed by atoms with Crippen molar-refractivity contribution in [1.82, 2.24) is 4.98 Å². The average molecular weight is 736 g/mol. The number of rotatable bonds is 7. The minimum atomic E-state index is 0.888. The van der Waals surface area contributed by atoms with Gasteiger partial charge in [0, 0.05) is 50.5 Å². The van der Waals surface area contributed by atoms with Gasteiger partial charge in [-0.3, -0.25) is 0 Å². The standard InChI is InChI=1S/C51H33N3OS/c1-4-12-34(13-5-1)51-52-47-28-24-42(33-50(47)56-51)54(38-16-8-3-9-17-38)40-23-27-44-36(31-40)21-20-35-30-39(22-26-43(35)44)53(37-14-6-2-7-15-37)41-25-29-49-46(32-41)45-18-10-11-19-48(45)55-49/h1-33H. The molecule has 0 unspecified atom stereocenters. The summed E-state index contributed by atoms with van der Waals surface area (Å²) in [5, 5.41) is 8.06. The van der Waals surface area contributed by atoms with Crippen LogP contribution >= 0.6 is 11.3 Å². The lowest BCUT2D eigenvalue weighted by atomic mass is 10.00. The lowest BCUT2D eigenvalue weighted by Gasteiger charge is -2.26. The predicted octanol–water partition coefficient (Wildman–Crippen LogP) is 15.1. The number of anilines is 6. The molecule has 0 atom stereocenters. The average Bonchev–Trinajstić information content (AvgIpc) is 3.86. The van der Waals surface area contributed by atoms with Crippen molar-refractivity contribution in [3.05, 3.63) is 200 Å². The second-order valence-electron chi connectivity index (χ2n) is 14.0. The molecule has 2 heterocycles. The van der Waals surface area contributed by atoms with E-state index >= 15 is 0 Å². The van der Waals surface area contributed by atoms with E-state index in [9.17, 15) is 0 Å². The summed E-state index contributed by atoms with van der Waals surface area (Å²) in [6, 6.07) is 71.1. The van der Waals surface area contributed by atoms with Gasteiger partial charge in [0.2, 0.25) is 0 Å². The molecule has 0 fully saturated rings. The van der Waals surface area contributed by atoms with Gasteiger partial charge in [-0.05, 0) is 113 Å². The molecule has 4 nitrogen and oxygen atoms in total. The Kier molecular flexibility index (Phi) is 7.64. The maximum Gasteiger partial charge on any atom is 0.135 e. The lowest BCUT2D eigenvalue weighted by molar-refractivity contribution is 0.669. The van der Waals surface area contributed by atoms with Gasteiger partial charge in [0.05, 0.1) is 10.2 Å². The maximum atomic E-state index is 6.18. The van der Waals surface area contributed by atoms with Crippen LogP contribution in [-0.2, 0) is 0 Å².